The van der Waals surface area contributed by atoms with Crippen molar-refractivity contribution in [3.05, 3.63) is 35.4 Å². The molecule has 2 fully saturated rings. The number of hydrogen-bond donors (Lipinski definition) is 2. The van der Waals surface area contributed by atoms with Crippen LogP contribution in [0.15, 0.2) is 29.3 Å². The summed E-state index contributed by atoms with van der Waals surface area (Å²) in [6.07, 6.45) is 2.57. The molecule has 2 heterocycles. The highest BCUT2D eigenvalue weighted by Crippen LogP contribution is 2.15. The molecule has 2 aliphatic rings. The smallest absolute Gasteiger partial charge is 0.191 e. The molecular weight excluding hydrogens is 338 g/mol. The number of ether oxygens (including phenoxy) is 1. The summed E-state index contributed by atoms with van der Waals surface area (Å²) in [6, 6.07) is 9.29. The summed E-state index contributed by atoms with van der Waals surface area (Å²) in [5, 5.41) is 6.92. The second-order valence-corrected chi connectivity index (χ2v) is 7.51. The SMILES string of the molecule is CCNC(=NCc1ccccc1CN1CCOCC1)NCC1CCCN1C. The molecule has 2 N–H and O–H groups in total. The van der Waals surface area contributed by atoms with Crippen molar-refractivity contribution in [1.29, 1.82) is 0 Å². The summed E-state index contributed by atoms with van der Waals surface area (Å²) in [4.78, 5) is 9.76. The quantitative estimate of drug-likeness (QED) is 0.562. The first kappa shape index (κ1) is 20.1. The fourth-order valence-corrected chi connectivity index (χ4v) is 3.82. The van der Waals surface area contributed by atoms with E-state index in [0.717, 1.165) is 51.9 Å². The normalized spacial score (nSPS) is 22.1. The lowest BCUT2D eigenvalue weighted by Crippen LogP contribution is -2.44. The first-order valence-corrected chi connectivity index (χ1v) is 10.4. The van der Waals surface area contributed by atoms with Crippen LogP contribution < -0.4 is 10.6 Å². The van der Waals surface area contributed by atoms with E-state index in [1.165, 1.54) is 30.5 Å². The van der Waals surface area contributed by atoms with Gasteiger partial charge in [-0.3, -0.25) is 4.90 Å². The lowest BCUT2D eigenvalue weighted by molar-refractivity contribution is 0.0341. The molecule has 0 aromatic heterocycles. The molecule has 150 valence electrons. The second kappa shape index (κ2) is 10.6. The minimum absolute atomic E-state index is 0.613. The molecule has 1 atom stereocenters. The van der Waals surface area contributed by atoms with E-state index in [4.69, 9.17) is 9.73 Å². The largest absolute Gasteiger partial charge is 0.379 e. The van der Waals surface area contributed by atoms with E-state index in [2.05, 4.69) is 58.7 Å². The Kier molecular flexibility index (Phi) is 7.93. The van der Waals surface area contributed by atoms with E-state index >= 15 is 0 Å². The van der Waals surface area contributed by atoms with Crippen LogP contribution in [-0.4, -0.2) is 74.8 Å². The summed E-state index contributed by atoms with van der Waals surface area (Å²) < 4.78 is 5.47. The van der Waals surface area contributed by atoms with E-state index < -0.39 is 0 Å². The third kappa shape index (κ3) is 6.19. The Balaban J connectivity index is 1.59. The Morgan fingerprint density at radius 1 is 1.15 bits per heavy atom. The zero-order valence-electron chi connectivity index (χ0n) is 16.9. The van der Waals surface area contributed by atoms with E-state index in [1.807, 2.05) is 0 Å². The molecule has 1 aromatic rings. The topological polar surface area (TPSA) is 52.1 Å². The number of aliphatic imine (C=N–C) groups is 1. The fraction of sp³-hybridized carbons (Fsp3) is 0.667. The van der Waals surface area contributed by atoms with Crippen LogP contribution in [0, 0.1) is 0 Å². The lowest BCUT2D eigenvalue weighted by atomic mass is 10.1. The van der Waals surface area contributed by atoms with Gasteiger partial charge < -0.3 is 20.3 Å². The van der Waals surface area contributed by atoms with Gasteiger partial charge in [0.1, 0.15) is 0 Å². The number of nitrogens with zero attached hydrogens (tertiary/aromatic N) is 3. The molecule has 0 spiro atoms. The first-order chi connectivity index (χ1) is 13.3. The van der Waals surface area contributed by atoms with Gasteiger partial charge in [-0.05, 0) is 44.5 Å². The van der Waals surface area contributed by atoms with Crippen molar-refractivity contribution < 1.29 is 4.74 Å². The number of hydrogen-bond acceptors (Lipinski definition) is 4. The number of likely N-dealkylation sites (N-methyl/N-ethyl adjacent to an activating group) is 1. The Morgan fingerprint density at radius 2 is 1.93 bits per heavy atom. The molecule has 1 unspecified atom stereocenters. The molecule has 27 heavy (non-hydrogen) atoms. The number of likely N-dealkylation sites (tertiary alicyclic amines) is 1. The summed E-state index contributed by atoms with van der Waals surface area (Å²) in [7, 11) is 2.21. The van der Waals surface area contributed by atoms with Crippen LogP contribution in [0.3, 0.4) is 0 Å². The maximum absolute atomic E-state index is 5.47. The minimum Gasteiger partial charge on any atom is -0.379 e. The molecule has 0 amide bonds. The van der Waals surface area contributed by atoms with Gasteiger partial charge >= 0.3 is 0 Å². The van der Waals surface area contributed by atoms with Gasteiger partial charge in [-0.15, -0.1) is 0 Å². The third-order valence-corrected chi connectivity index (χ3v) is 5.54. The zero-order valence-corrected chi connectivity index (χ0v) is 16.9. The maximum atomic E-state index is 5.47. The molecule has 6 nitrogen and oxygen atoms in total. The fourth-order valence-electron chi connectivity index (χ4n) is 3.82. The van der Waals surface area contributed by atoms with Crippen molar-refractivity contribution in [2.45, 2.75) is 38.9 Å². The van der Waals surface area contributed by atoms with Crippen LogP contribution in [0.1, 0.15) is 30.9 Å². The average Bonchev–Trinajstić information content (AvgIpc) is 3.11. The Morgan fingerprint density at radius 3 is 2.63 bits per heavy atom. The number of rotatable bonds is 7. The van der Waals surface area contributed by atoms with Crippen molar-refractivity contribution >= 4 is 5.96 Å². The van der Waals surface area contributed by atoms with Crippen LogP contribution in [0.4, 0.5) is 0 Å². The van der Waals surface area contributed by atoms with Gasteiger partial charge in [0.2, 0.25) is 0 Å². The molecule has 0 saturated carbocycles. The predicted molar refractivity (Wildman–Crippen MR) is 111 cm³/mol. The van der Waals surface area contributed by atoms with Crippen LogP contribution in [0.5, 0.6) is 0 Å². The lowest BCUT2D eigenvalue weighted by Gasteiger charge is -2.27. The molecule has 0 bridgehead atoms. The highest BCUT2D eigenvalue weighted by atomic mass is 16.5. The summed E-state index contributed by atoms with van der Waals surface area (Å²) in [5.74, 6) is 0.916. The zero-order chi connectivity index (χ0) is 18.9. The number of nitrogens with one attached hydrogen (secondary N) is 2. The second-order valence-electron chi connectivity index (χ2n) is 7.51. The van der Waals surface area contributed by atoms with Crippen LogP contribution in [0.2, 0.25) is 0 Å². The highest BCUT2D eigenvalue weighted by molar-refractivity contribution is 5.79. The van der Waals surface area contributed by atoms with Gasteiger partial charge in [0, 0.05) is 38.8 Å². The molecule has 2 aliphatic heterocycles. The molecular formula is C21H35N5O. The summed E-state index contributed by atoms with van der Waals surface area (Å²) in [6.45, 7) is 10.5. The average molecular weight is 374 g/mol. The standard InChI is InChI=1S/C21H35N5O/c1-3-22-21(24-16-20-9-6-10-25(20)2)23-15-18-7-4-5-8-19(18)17-26-11-13-27-14-12-26/h4-5,7-8,20H,3,6,9-17H2,1-2H3,(H2,22,23,24). The molecule has 2 saturated heterocycles. The summed E-state index contributed by atoms with van der Waals surface area (Å²) in [5.41, 5.74) is 2.67. The van der Waals surface area contributed by atoms with Crippen molar-refractivity contribution in [2.24, 2.45) is 4.99 Å². The van der Waals surface area contributed by atoms with E-state index in [1.54, 1.807) is 0 Å². The molecule has 3 rings (SSSR count). The minimum atomic E-state index is 0.613. The van der Waals surface area contributed by atoms with Crippen molar-refractivity contribution in [3.8, 4) is 0 Å². The Labute approximate surface area is 164 Å². The molecule has 0 radical (unpaired) electrons. The van der Waals surface area contributed by atoms with Crippen molar-refractivity contribution in [3.63, 3.8) is 0 Å². The van der Waals surface area contributed by atoms with Crippen molar-refractivity contribution in [1.82, 2.24) is 20.4 Å². The van der Waals surface area contributed by atoms with Gasteiger partial charge in [0.15, 0.2) is 5.96 Å². The van der Waals surface area contributed by atoms with E-state index in [0.29, 0.717) is 12.6 Å². The van der Waals surface area contributed by atoms with Gasteiger partial charge in [-0.2, -0.15) is 0 Å². The number of benzene rings is 1. The molecule has 1 aromatic carbocycles. The van der Waals surface area contributed by atoms with Crippen LogP contribution in [0.25, 0.3) is 0 Å². The number of morpholine rings is 1. The van der Waals surface area contributed by atoms with Crippen LogP contribution in [-0.2, 0) is 17.8 Å². The van der Waals surface area contributed by atoms with Gasteiger partial charge in [0.25, 0.3) is 0 Å². The van der Waals surface area contributed by atoms with Crippen LogP contribution >= 0.6 is 0 Å². The molecule has 6 heteroatoms. The summed E-state index contributed by atoms with van der Waals surface area (Å²) >= 11 is 0. The predicted octanol–water partition coefficient (Wildman–Crippen LogP) is 1.67. The Hall–Kier alpha value is -1.63. The Bertz CT molecular complexity index is 600. The highest BCUT2D eigenvalue weighted by Gasteiger charge is 2.20. The third-order valence-electron chi connectivity index (χ3n) is 5.54. The molecule has 0 aliphatic carbocycles. The van der Waals surface area contributed by atoms with Gasteiger partial charge in [-0.25, -0.2) is 4.99 Å². The van der Waals surface area contributed by atoms with Crippen molar-refractivity contribution in [2.75, 3.05) is 53.0 Å². The van der Waals surface area contributed by atoms with Gasteiger partial charge in [0.05, 0.1) is 19.8 Å². The number of guanidine groups is 1. The monoisotopic (exact) mass is 373 g/mol. The maximum Gasteiger partial charge on any atom is 0.191 e. The van der Waals surface area contributed by atoms with E-state index in [-0.39, 0.29) is 0 Å². The van der Waals surface area contributed by atoms with E-state index in [9.17, 15) is 0 Å². The first-order valence-electron chi connectivity index (χ1n) is 10.4. The van der Waals surface area contributed by atoms with Gasteiger partial charge in [-0.1, -0.05) is 24.3 Å².